The highest BCUT2D eigenvalue weighted by atomic mass is 32.1. The molecule has 0 saturated carbocycles. The number of thiazole rings is 1. The predicted octanol–water partition coefficient (Wildman–Crippen LogP) is 3.28. The molecule has 0 spiro atoms. The van der Waals surface area contributed by atoms with Crippen molar-refractivity contribution in [3.63, 3.8) is 0 Å². The van der Waals surface area contributed by atoms with Crippen LogP contribution in [0, 0.1) is 0 Å². The second-order valence-electron chi connectivity index (χ2n) is 5.56. The number of hydrogen-bond donors (Lipinski definition) is 1. The molecule has 5 heteroatoms. The van der Waals surface area contributed by atoms with Gasteiger partial charge in [-0.2, -0.15) is 0 Å². The molecule has 0 bridgehead atoms. The summed E-state index contributed by atoms with van der Waals surface area (Å²) in [6, 6.07) is 0. The Morgan fingerprint density at radius 2 is 2.00 bits per heavy atom. The number of aryl methyl sites for hydroxylation is 1. The molecule has 2 aromatic heterocycles. The molecule has 19 heavy (non-hydrogen) atoms. The maximum Gasteiger partial charge on any atom is 0.208 e. The van der Waals surface area contributed by atoms with Crippen molar-refractivity contribution in [3.8, 4) is 0 Å². The van der Waals surface area contributed by atoms with Gasteiger partial charge >= 0.3 is 0 Å². The topological polar surface area (TPSA) is 51.0 Å². The van der Waals surface area contributed by atoms with E-state index in [0.29, 0.717) is 6.54 Å². The van der Waals surface area contributed by atoms with Crippen molar-refractivity contribution in [3.05, 3.63) is 33.9 Å². The summed E-state index contributed by atoms with van der Waals surface area (Å²) in [5.41, 5.74) is 0.126. The van der Waals surface area contributed by atoms with Crippen molar-refractivity contribution in [1.29, 1.82) is 0 Å². The number of aromatic nitrogens is 2. The molecule has 0 aromatic carbocycles. The van der Waals surface area contributed by atoms with Crippen LogP contribution in [-0.2, 0) is 24.9 Å². The normalized spacial score (nSPS) is 12.0. The van der Waals surface area contributed by atoms with Gasteiger partial charge in [0.2, 0.25) is 5.89 Å². The van der Waals surface area contributed by atoms with E-state index in [0.717, 1.165) is 24.6 Å². The lowest BCUT2D eigenvalue weighted by atomic mass is 9.98. The molecule has 4 nitrogen and oxygen atoms in total. The SMILES string of the molecule is CCc1cnc(CNCc2cnc(C(C)(C)C)s2)o1. The number of hydrogen-bond acceptors (Lipinski definition) is 5. The van der Waals surface area contributed by atoms with Crippen molar-refractivity contribution in [2.45, 2.75) is 52.6 Å². The van der Waals surface area contributed by atoms with Crippen LogP contribution in [0.5, 0.6) is 0 Å². The number of rotatable bonds is 5. The van der Waals surface area contributed by atoms with Crippen LogP contribution in [0.1, 0.15) is 49.2 Å². The average Bonchev–Trinajstić information content (AvgIpc) is 2.96. The van der Waals surface area contributed by atoms with Crippen LogP contribution in [0.25, 0.3) is 0 Å². The summed E-state index contributed by atoms with van der Waals surface area (Å²) in [6.07, 6.45) is 4.63. The molecule has 2 heterocycles. The van der Waals surface area contributed by atoms with E-state index in [1.807, 2.05) is 6.20 Å². The number of oxazole rings is 1. The van der Waals surface area contributed by atoms with Crippen LogP contribution >= 0.6 is 11.3 Å². The number of nitrogens with zero attached hydrogens (tertiary/aromatic N) is 2. The van der Waals surface area contributed by atoms with Crippen molar-refractivity contribution in [2.75, 3.05) is 0 Å². The Bertz CT molecular complexity index is 525. The molecule has 0 aliphatic rings. The van der Waals surface area contributed by atoms with Gasteiger partial charge in [-0.25, -0.2) is 9.97 Å². The Hall–Kier alpha value is -1.20. The molecular weight excluding hydrogens is 258 g/mol. The van der Waals surface area contributed by atoms with Gasteiger partial charge in [0.05, 0.1) is 17.7 Å². The van der Waals surface area contributed by atoms with Gasteiger partial charge in [0.15, 0.2) is 0 Å². The summed E-state index contributed by atoms with van der Waals surface area (Å²) in [5, 5.41) is 4.51. The monoisotopic (exact) mass is 279 g/mol. The maximum absolute atomic E-state index is 5.54. The molecule has 2 aromatic rings. The van der Waals surface area contributed by atoms with E-state index in [4.69, 9.17) is 4.42 Å². The van der Waals surface area contributed by atoms with Crippen LogP contribution in [0.2, 0.25) is 0 Å². The van der Waals surface area contributed by atoms with E-state index in [1.54, 1.807) is 17.5 Å². The second kappa shape index (κ2) is 5.84. The molecule has 0 saturated heterocycles. The lowest BCUT2D eigenvalue weighted by molar-refractivity contribution is 0.439. The van der Waals surface area contributed by atoms with Gasteiger partial charge in [-0.15, -0.1) is 11.3 Å². The van der Waals surface area contributed by atoms with Crippen molar-refractivity contribution >= 4 is 11.3 Å². The summed E-state index contributed by atoms with van der Waals surface area (Å²) < 4.78 is 5.54. The first-order valence-corrected chi connectivity index (χ1v) is 7.40. The minimum Gasteiger partial charge on any atom is -0.444 e. The minimum absolute atomic E-state index is 0.126. The summed E-state index contributed by atoms with van der Waals surface area (Å²) in [5.74, 6) is 1.68. The molecule has 0 amide bonds. The largest absolute Gasteiger partial charge is 0.444 e. The lowest BCUT2D eigenvalue weighted by Gasteiger charge is -2.13. The average molecular weight is 279 g/mol. The molecule has 0 aliphatic heterocycles. The van der Waals surface area contributed by atoms with Crippen LogP contribution in [0.15, 0.2) is 16.8 Å². The van der Waals surface area contributed by atoms with E-state index in [2.05, 4.69) is 43.0 Å². The molecule has 0 fully saturated rings. The van der Waals surface area contributed by atoms with Gasteiger partial charge in [0, 0.05) is 29.5 Å². The molecule has 0 unspecified atom stereocenters. The van der Waals surface area contributed by atoms with E-state index in [1.165, 1.54) is 9.88 Å². The smallest absolute Gasteiger partial charge is 0.208 e. The van der Waals surface area contributed by atoms with E-state index in [9.17, 15) is 0 Å². The fraction of sp³-hybridized carbons (Fsp3) is 0.571. The fourth-order valence-electron chi connectivity index (χ4n) is 1.62. The summed E-state index contributed by atoms with van der Waals surface area (Å²) in [7, 11) is 0. The molecule has 0 atom stereocenters. The van der Waals surface area contributed by atoms with E-state index < -0.39 is 0 Å². The Morgan fingerprint density at radius 1 is 1.21 bits per heavy atom. The zero-order valence-corrected chi connectivity index (χ0v) is 12.8. The standard InChI is InChI=1S/C14H21N3OS/c1-5-10-6-16-12(18-10)9-15-7-11-8-17-13(19-11)14(2,3)4/h6,8,15H,5,7,9H2,1-4H3. The molecule has 1 N–H and O–H groups in total. The zero-order chi connectivity index (χ0) is 13.9. The van der Waals surface area contributed by atoms with Gasteiger partial charge in [0.1, 0.15) is 5.76 Å². The van der Waals surface area contributed by atoms with Gasteiger partial charge < -0.3 is 9.73 Å². The molecule has 0 aliphatic carbocycles. The summed E-state index contributed by atoms with van der Waals surface area (Å²) in [6.45, 7) is 10.1. The maximum atomic E-state index is 5.54. The quantitative estimate of drug-likeness (QED) is 0.912. The van der Waals surface area contributed by atoms with Crippen LogP contribution in [-0.4, -0.2) is 9.97 Å². The molecule has 2 rings (SSSR count). The van der Waals surface area contributed by atoms with Crippen LogP contribution < -0.4 is 5.32 Å². The molecular formula is C14H21N3OS. The third kappa shape index (κ3) is 3.88. The van der Waals surface area contributed by atoms with Crippen molar-refractivity contribution in [1.82, 2.24) is 15.3 Å². The third-order valence-corrected chi connectivity index (χ3v) is 4.14. The van der Waals surface area contributed by atoms with Gasteiger partial charge in [-0.1, -0.05) is 27.7 Å². The summed E-state index contributed by atoms with van der Waals surface area (Å²) in [4.78, 5) is 9.93. The molecule has 0 radical (unpaired) electrons. The Balaban J connectivity index is 1.84. The van der Waals surface area contributed by atoms with Crippen molar-refractivity contribution in [2.24, 2.45) is 0 Å². The second-order valence-corrected chi connectivity index (χ2v) is 6.67. The molecule has 104 valence electrons. The Kier molecular flexibility index (Phi) is 4.37. The van der Waals surface area contributed by atoms with Crippen LogP contribution in [0.4, 0.5) is 0 Å². The third-order valence-electron chi connectivity index (χ3n) is 2.72. The highest BCUT2D eigenvalue weighted by molar-refractivity contribution is 7.11. The minimum atomic E-state index is 0.126. The van der Waals surface area contributed by atoms with E-state index in [-0.39, 0.29) is 5.41 Å². The van der Waals surface area contributed by atoms with Gasteiger partial charge in [0.25, 0.3) is 0 Å². The Labute approximate surface area is 118 Å². The highest BCUT2D eigenvalue weighted by Gasteiger charge is 2.17. The first kappa shape index (κ1) is 14.2. The highest BCUT2D eigenvalue weighted by Crippen LogP contribution is 2.26. The number of nitrogens with one attached hydrogen (secondary N) is 1. The van der Waals surface area contributed by atoms with Crippen LogP contribution in [0.3, 0.4) is 0 Å². The van der Waals surface area contributed by atoms with Gasteiger partial charge in [-0.05, 0) is 0 Å². The zero-order valence-electron chi connectivity index (χ0n) is 12.0. The van der Waals surface area contributed by atoms with Gasteiger partial charge in [-0.3, -0.25) is 0 Å². The lowest BCUT2D eigenvalue weighted by Crippen LogP contribution is -2.12. The van der Waals surface area contributed by atoms with E-state index >= 15 is 0 Å². The fourth-order valence-corrected chi connectivity index (χ4v) is 2.56. The Morgan fingerprint density at radius 3 is 2.58 bits per heavy atom. The first-order valence-electron chi connectivity index (χ1n) is 6.58. The first-order chi connectivity index (χ1) is 8.99. The predicted molar refractivity (Wildman–Crippen MR) is 77.2 cm³/mol. The summed E-state index contributed by atoms with van der Waals surface area (Å²) >= 11 is 1.76. The van der Waals surface area contributed by atoms with Crippen molar-refractivity contribution < 1.29 is 4.42 Å².